The first-order valence-electron chi connectivity index (χ1n) is 8.46. The predicted octanol–water partition coefficient (Wildman–Crippen LogP) is 4.48. The Morgan fingerprint density at radius 1 is 1.17 bits per heavy atom. The van der Waals surface area contributed by atoms with Crippen LogP contribution >= 0.6 is 11.8 Å². The van der Waals surface area contributed by atoms with Gasteiger partial charge in [0.25, 0.3) is 0 Å². The monoisotopic (exact) mass is 342 g/mol. The molecule has 3 nitrogen and oxygen atoms in total. The van der Waals surface area contributed by atoms with Gasteiger partial charge in [-0.05, 0) is 74.3 Å². The molecule has 1 atom stereocenters. The van der Waals surface area contributed by atoms with Gasteiger partial charge in [0, 0.05) is 22.3 Å². The molecule has 0 radical (unpaired) electrons. The third kappa shape index (κ3) is 1.99. The molecule has 0 saturated heterocycles. The minimum atomic E-state index is -1.29. The number of fused-ring (bicyclic) bond motifs is 1. The van der Waals surface area contributed by atoms with Gasteiger partial charge in [-0.3, -0.25) is 4.79 Å². The second-order valence-corrected chi connectivity index (χ2v) is 8.58. The molecule has 1 spiro atoms. The second-order valence-electron chi connectivity index (χ2n) is 7.45. The van der Waals surface area contributed by atoms with Crippen molar-refractivity contribution in [3.63, 3.8) is 0 Å². The Morgan fingerprint density at radius 3 is 2.46 bits per heavy atom. The van der Waals surface area contributed by atoms with Crippen LogP contribution in [0.5, 0.6) is 0 Å². The highest BCUT2D eigenvalue weighted by molar-refractivity contribution is 8.07. The molecular weight excluding hydrogens is 320 g/mol. The maximum absolute atomic E-state index is 12.9. The van der Waals surface area contributed by atoms with Gasteiger partial charge in [0.05, 0.1) is 5.76 Å². The van der Waals surface area contributed by atoms with Crippen molar-refractivity contribution in [1.29, 1.82) is 0 Å². The number of allylic oxidation sites excluding steroid dienone is 7. The number of hydrogen-bond acceptors (Lipinski definition) is 4. The van der Waals surface area contributed by atoms with E-state index in [2.05, 4.69) is 6.92 Å². The van der Waals surface area contributed by atoms with Crippen LogP contribution in [0.15, 0.2) is 56.1 Å². The van der Waals surface area contributed by atoms with E-state index in [1.165, 1.54) is 4.91 Å². The largest absolute Gasteiger partial charge is 0.512 e. The van der Waals surface area contributed by atoms with Gasteiger partial charge in [0.1, 0.15) is 5.60 Å². The quantitative estimate of drug-likeness (QED) is 0.776. The van der Waals surface area contributed by atoms with Crippen molar-refractivity contribution in [3.8, 4) is 0 Å². The van der Waals surface area contributed by atoms with Crippen LogP contribution in [0.25, 0.3) is 0 Å². The highest BCUT2D eigenvalue weighted by atomic mass is 32.2. The van der Waals surface area contributed by atoms with Crippen molar-refractivity contribution in [2.75, 3.05) is 0 Å². The molecule has 0 aromatic carbocycles. The Kier molecular flexibility index (Phi) is 3.32. The van der Waals surface area contributed by atoms with Crippen LogP contribution in [0, 0.1) is 5.41 Å². The molecule has 0 aromatic heterocycles. The first-order valence-corrected chi connectivity index (χ1v) is 9.28. The molecule has 126 valence electrons. The van der Waals surface area contributed by atoms with Crippen molar-refractivity contribution in [3.05, 3.63) is 56.1 Å². The van der Waals surface area contributed by atoms with Gasteiger partial charge in [-0.1, -0.05) is 17.3 Å². The first-order chi connectivity index (χ1) is 11.3. The summed E-state index contributed by atoms with van der Waals surface area (Å²) in [5, 5.41) is 20.4. The standard InChI is InChI=1S/C20H22O3S/c1-11-10-15-16(17(11)24-14-6-4-13(21)5-7-14)12(2)20(8-9-20)19(3,23)18(15)22/h4,6,10,21,23H,5,7-9H2,1-3H3/t19-/m0/s1. The first kappa shape index (κ1) is 16.0. The van der Waals surface area contributed by atoms with E-state index >= 15 is 0 Å². The fourth-order valence-electron chi connectivity index (χ4n) is 4.25. The zero-order chi connectivity index (χ0) is 17.3. The average Bonchev–Trinajstić information content (AvgIpc) is 3.29. The lowest BCUT2D eigenvalue weighted by Crippen LogP contribution is -2.49. The number of rotatable bonds is 2. The van der Waals surface area contributed by atoms with Crippen LogP contribution in [0.1, 0.15) is 46.5 Å². The van der Waals surface area contributed by atoms with Crippen molar-refractivity contribution in [2.45, 2.75) is 52.1 Å². The topological polar surface area (TPSA) is 57.5 Å². The summed E-state index contributed by atoms with van der Waals surface area (Å²) in [4.78, 5) is 15.2. The van der Waals surface area contributed by atoms with Crippen molar-refractivity contribution in [2.24, 2.45) is 5.41 Å². The number of ketones is 1. The molecular formula is C20H22O3S. The summed E-state index contributed by atoms with van der Waals surface area (Å²) in [6.45, 7) is 5.80. The average molecular weight is 342 g/mol. The van der Waals surface area contributed by atoms with E-state index in [-0.39, 0.29) is 11.2 Å². The number of aliphatic hydroxyl groups is 2. The third-order valence-electron chi connectivity index (χ3n) is 6.00. The van der Waals surface area contributed by atoms with E-state index in [0.717, 1.165) is 40.9 Å². The fourth-order valence-corrected chi connectivity index (χ4v) is 5.44. The zero-order valence-corrected chi connectivity index (χ0v) is 15.1. The highest BCUT2D eigenvalue weighted by Crippen LogP contribution is 2.65. The minimum absolute atomic E-state index is 0.134. The van der Waals surface area contributed by atoms with E-state index < -0.39 is 5.60 Å². The van der Waals surface area contributed by atoms with Gasteiger partial charge < -0.3 is 10.2 Å². The summed E-state index contributed by atoms with van der Waals surface area (Å²) >= 11 is 1.70. The van der Waals surface area contributed by atoms with Gasteiger partial charge in [-0.2, -0.15) is 0 Å². The lowest BCUT2D eigenvalue weighted by Gasteiger charge is -2.39. The van der Waals surface area contributed by atoms with Gasteiger partial charge in [0.2, 0.25) is 0 Å². The van der Waals surface area contributed by atoms with E-state index in [1.807, 2.05) is 19.1 Å². The van der Waals surface area contributed by atoms with Crippen LogP contribution in [0.3, 0.4) is 0 Å². The minimum Gasteiger partial charge on any atom is -0.512 e. The molecule has 0 amide bonds. The van der Waals surface area contributed by atoms with Gasteiger partial charge in [-0.25, -0.2) is 0 Å². The molecule has 4 heteroatoms. The second kappa shape index (κ2) is 4.99. The van der Waals surface area contributed by atoms with Crippen molar-refractivity contribution in [1.82, 2.24) is 0 Å². The van der Waals surface area contributed by atoms with Crippen LogP contribution in [0.4, 0.5) is 0 Å². The normalized spacial score (nSPS) is 31.2. The number of Topliss-reactive ketones (excluding diaryl/α,β-unsaturated/α-hetero) is 1. The molecule has 4 rings (SSSR count). The molecule has 2 N–H and O–H groups in total. The van der Waals surface area contributed by atoms with Crippen LogP contribution < -0.4 is 0 Å². The van der Waals surface area contributed by atoms with Crippen molar-refractivity contribution < 1.29 is 15.0 Å². The molecule has 0 heterocycles. The number of aliphatic hydroxyl groups excluding tert-OH is 1. The molecule has 1 saturated carbocycles. The van der Waals surface area contributed by atoms with E-state index in [0.29, 0.717) is 17.8 Å². The number of carbonyl (C=O) groups is 1. The highest BCUT2D eigenvalue weighted by Gasteiger charge is 2.65. The van der Waals surface area contributed by atoms with E-state index in [4.69, 9.17) is 0 Å². The van der Waals surface area contributed by atoms with Gasteiger partial charge >= 0.3 is 0 Å². The summed E-state index contributed by atoms with van der Waals surface area (Å²) in [7, 11) is 0. The summed E-state index contributed by atoms with van der Waals surface area (Å²) < 4.78 is 0. The lowest BCUT2D eigenvalue weighted by atomic mass is 9.68. The zero-order valence-electron chi connectivity index (χ0n) is 14.3. The predicted molar refractivity (Wildman–Crippen MR) is 96.4 cm³/mol. The SMILES string of the molecule is CC1=C(SC2=CC=C(O)CC2)C2=C(C)C3(CC3)[C@@](C)(O)C(=O)C2=C1. The van der Waals surface area contributed by atoms with Crippen LogP contribution in [-0.4, -0.2) is 21.6 Å². The van der Waals surface area contributed by atoms with E-state index in [1.54, 1.807) is 24.8 Å². The van der Waals surface area contributed by atoms with Crippen LogP contribution in [0.2, 0.25) is 0 Å². The number of carbonyl (C=O) groups excluding carboxylic acids is 1. The Hall–Kier alpha value is -1.52. The maximum Gasteiger partial charge on any atom is 0.195 e. The fraction of sp³-hybridized carbons (Fsp3) is 0.450. The molecule has 4 aliphatic carbocycles. The molecule has 4 aliphatic rings. The summed E-state index contributed by atoms with van der Waals surface area (Å²) in [5.74, 6) is 0.289. The van der Waals surface area contributed by atoms with Crippen molar-refractivity contribution >= 4 is 17.5 Å². The molecule has 0 unspecified atom stereocenters. The third-order valence-corrected chi connectivity index (χ3v) is 7.33. The lowest BCUT2D eigenvalue weighted by molar-refractivity contribution is -0.137. The number of hydrogen-bond donors (Lipinski definition) is 2. The Balaban J connectivity index is 1.77. The smallest absolute Gasteiger partial charge is 0.195 e. The molecule has 0 aromatic rings. The Bertz CT molecular complexity index is 814. The summed E-state index contributed by atoms with van der Waals surface area (Å²) in [5.41, 5.74) is 2.31. The van der Waals surface area contributed by atoms with Gasteiger partial charge in [-0.15, -0.1) is 0 Å². The Morgan fingerprint density at radius 2 is 1.88 bits per heavy atom. The van der Waals surface area contributed by atoms with Crippen LogP contribution in [-0.2, 0) is 4.79 Å². The number of thioether (sulfide) groups is 1. The maximum atomic E-state index is 12.9. The summed E-state index contributed by atoms with van der Waals surface area (Å²) in [6, 6.07) is 0. The molecule has 0 bridgehead atoms. The van der Waals surface area contributed by atoms with Gasteiger partial charge in [0.15, 0.2) is 5.78 Å². The Labute approximate surface area is 146 Å². The molecule has 24 heavy (non-hydrogen) atoms. The molecule has 0 aliphatic heterocycles. The van der Waals surface area contributed by atoms with E-state index in [9.17, 15) is 15.0 Å². The summed E-state index contributed by atoms with van der Waals surface area (Å²) in [6.07, 6.45) is 8.90. The molecule has 1 fully saturated rings.